The molecule has 1 amide bonds. The fraction of sp³-hybridized carbons (Fsp3) is 0.227. The number of nitrogens with one attached hydrogen (secondary N) is 1. The second-order valence-corrected chi connectivity index (χ2v) is 8.18. The van der Waals surface area contributed by atoms with Gasteiger partial charge in [0.2, 0.25) is 5.91 Å². The van der Waals surface area contributed by atoms with Gasteiger partial charge >= 0.3 is 0 Å². The number of benzene rings is 2. The summed E-state index contributed by atoms with van der Waals surface area (Å²) in [5.41, 5.74) is 4.31. The summed E-state index contributed by atoms with van der Waals surface area (Å²) in [5, 5.41) is 6.78. The van der Waals surface area contributed by atoms with Crippen LogP contribution in [0.25, 0.3) is 21.2 Å². The number of fused-ring (bicyclic) bond motifs is 1. The Balaban J connectivity index is 1.88. The molecule has 4 heteroatoms. The number of aryl methyl sites for hydroxylation is 1. The molecule has 1 fully saturated rings. The first-order chi connectivity index (χ1) is 12.4. The van der Waals surface area contributed by atoms with E-state index in [0.717, 1.165) is 5.56 Å². The van der Waals surface area contributed by atoms with Crippen molar-refractivity contribution in [3.8, 4) is 11.1 Å². The largest absolute Gasteiger partial charge is 0.362 e. The summed E-state index contributed by atoms with van der Waals surface area (Å²) in [4.78, 5) is 14.0. The van der Waals surface area contributed by atoms with Gasteiger partial charge < -0.3 is 10.2 Å². The minimum Gasteiger partial charge on any atom is -0.362 e. The molecule has 1 aliphatic rings. The van der Waals surface area contributed by atoms with E-state index in [9.17, 15) is 4.79 Å². The fourth-order valence-corrected chi connectivity index (χ4v) is 4.46. The molecule has 2 heterocycles. The highest BCUT2D eigenvalue weighted by Gasteiger charge is 2.37. The van der Waals surface area contributed by atoms with Crippen molar-refractivity contribution in [1.82, 2.24) is 10.2 Å². The maximum Gasteiger partial charge on any atom is 0.230 e. The lowest BCUT2D eigenvalue weighted by Crippen LogP contribution is -2.52. The number of hydrogen-bond donors (Lipinski definition) is 1. The fourth-order valence-electron chi connectivity index (χ4n) is 3.54. The lowest BCUT2D eigenvalue weighted by atomic mass is 9.84. The molecule has 1 saturated heterocycles. The molecular weight excluding hydrogens is 340 g/mol. The number of thiophene rings is 1. The van der Waals surface area contributed by atoms with Crippen molar-refractivity contribution in [2.24, 2.45) is 0 Å². The molecule has 4 rings (SSSR count). The molecule has 0 unspecified atom stereocenters. The van der Waals surface area contributed by atoms with Crippen LogP contribution in [-0.4, -0.2) is 17.9 Å². The molecule has 0 spiro atoms. The van der Waals surface area contributed by atoms with Crippen LogP contribution in [0, 0.1) is 6.92 Å². The van der Waals surface area contributed by atoms with Crippen molar-refractivity contribution >= 4 is 27.3 Å². The predicted molar refractivity (Wildman–Crippen MR) is 109 cm³/mol. The van der Waals surface area contributed by atoms with E-state index in [0.29, 0.717) is 12.2 Å². The second-order valence-electron chi connectivity index (χ2n) is 7.26. The van der Waals surface area contributed by atoms with Crippen LogP contribution in [0.5, 0.6) is 0 Å². The third-order valence-electron chi connectivity index (χ3n) is 5.25. The van der Waals surface area contributed by atoms with Gasteiger partial charge in [-0.2, -0.15) is 0 Å². The Morgan fingerprint density at radius 1 is 1.19 bits per heavy atom. The van der Waals surface area contributed by atoms with Gasteiger partial charge in [0.05, 0.1) is 12.0 Å². The Morgan fingerprint density at radius 2 is 1.92 bits per heavy atom. The maximum atomic E-state index is 12.4. The number of carbonyl (C=O) groups is 1. The van der Waals surface area contributed by atoms with Gasteiger partial charge in [0.25, 0.3) is 0 Å². The van der Waals surface area contributed by atoms with E-state index in [2.05, 4.69) is 73.6 Å². The predicted octanol–water partition coefficient (Wildman–Crippen LogP) is 5.01. The van der Waals surface area contributed by atoms with Crippen LogP contribution < -0.4 is 5.32 Å². The van der Waals surface area contributed by atoms with Gasteiger partial charge in [-0.25, -0.2) is 0 Å². The van der Waals surface area contributed by atoms with Crippen molar-refractivity contribution in [3.05, 3.63) is 71.4 Å². The molecule has 0 aliphatic carbocycles. The van der Waals surface area contributed by atoms with Gasteiger partial charge in [0, 0.05) is 11.7 Å². The van der Waals surface area contributed by atoms with Gasteiger partial charge in [0.15, 0.2) is 0 Å². The van der Waals surface area contributed by atoms with Crippen molar-refractivity contribution < 1.29 is 4.79 Å². The van der Waals surface area contributed by atoms with Crippen molar-refractivity contribution in [1.29, 1.82) is 0 Å². The smallest absolute Gasteiger partial charge is 0.230 e. The Hall–Kier alpha value is -2.59. The summed E-state index contributed by atoms with van der Waals surface area (Å²) >= 11 is 1.76. The Kier molecular flexibility index (Phi) is 3.88. The zero-order chi connectivity index (χ0) is 18.5. The van der Waals surface area contributed by atoms with Crippen molar-refractivity contribution in [3.63, 3.8) is 0 Å². The monoisotopic (exact) mass is 362 g/mol. The third kappa shape index (κ3) is 2.71. The van der Waals surface area contributed by atoms with E-state index in [-0.39, 0.29) is 5.91 Å². The highest BCUT2D eigenvalue weighted by atomic mass is 32.1. The van der Waals surface area contributed by atoms with Crippen LogP contribution >= 0.6 is 11.3 Å². The van der Waals surface area contributed by atoms with Crippen LogP contribution in [0.4, 0.5) is 0 Å². The molecule has 1 aromatic heterocycles. The third-order valence-corrected chi connectivity index (χ3v) is 6.22. The molecule has 1 atom stereocenters. The Morgan fingerprint density at radius 3 is 2.62 bits per heavy atom. The molecule has 1 aliphatic heterocycles. The lowest BCUT2D eigenvalue weighted by Gasteiger charge is -2.41. The summed E-state index contributed by atoms with van der Waals surface area (Å²) in [6.07, 6.45) is 0.408. The average molecular weight is 362 g/mol. The van der Waals surface area contributed by atoms with Gasteiger partial charge in [0.1, 0.15) is 5.82 Å². The normalized spacial score (nSPS) is 20.5. The van der Waals surface area contributed by atoms with E-state index in [1.165, 1.54) is 26.8 Å². The standard InChI is InChI=1S/C22H22N2OS/c1-14-5-7-16(8-6-14)19-12-18(11-17-9-10-26-21(17)19)22(3)13-20(25)24(4)15(2)23-22/h5-12,23H,2,13H2,1,3-4H3/t22-/m0/s1. The Bertz CT molecular complexity index is 998. The summed E-state index contributed by atoms with van der Waals surface area (Å²) in [6, 6.07) is 15.2. The number of nitrogens with zero attached hydrogens (tertiary/aromatic N) is 1. The minimum atomic E-state index is -0.462. The maximum absolute atomic E-state index is 12.4. The molecule has 26 heavy (non-hydrogen) atoms. The van der Waals surface area contributed by atoms with Crippen molar-refractivity contribution in [2.45, 2.75) is 25.8 Å². The number of amides is 1. The van der Waals surface area contributed by atoms with E-state index >= 15 is 0 Å². The van der Waals surface area contributed by atoms with E-state index in [1.54, 1.807) is 23.3 Å². The number of carbonyl (C=O) groups excluding carboxylic acids is 1. The van der Waals surface area contributed by atoms with Crippen LogP contribution in [0.2, 0.25) is 0 Å². The summed E-state index contributed by atoms with van der Waals surface area (Å²) < 4.78 is 1.28. The Labute approximate surface area is 158 Å². The van der Waals surface area contributed by atoms with Gasteiger partial charge in [-0.15, -0.1) is 11.3 Å². The van der Waals surface area contributed by atoms with Crippen LogP contribution in [-0.2, 0) is 10.3 Å². The number of rotatable bonds is 2. The van der Waals surface area contributed by atoms with Gasteiger partial charge in [-0.1, -0.05) is 36.4 Å². The highest BCUT2D eigenvalue weighted by Crippen LogP contribution is 2.39. The van der Waals surface area contributed by atoms with E-state index in [1.807, 2.05) is 0 Å². The summed E-state index contributed by atoms with van der Waals surface area (Å²) in [6.45, 7) is 8.18. The summed E-state index contributed by atoms with van der Waals surface area (Å²) in [5.74, 6) is 0.726. The molecule has 0 radical (unpaired) electrons. The summed E-state index contributed by atoms with van der Waals surface area (Å²) in [7, 11) is 1.76. The molecule has 3 nitrogen and oxygen atoms in total. The van der Waals surface area contributed by atoms with Crippen LogP contribution in [0.15, 0.2) is 60.2 Å². The van der Waals surface area contributed by atoms with Crippen LogP contribution in [0.3, 0.4) is 0 Å². The second kappa shape index (κ2) is 5.99. The molecule has 2 aromatic carbocycles. The van der Waals surface area contributed by atoms with E-state index < -0.39 is 5.54 Å². The first-order valence-electron chi connectivity index (χ1n) is 8.70. The molecule has 0 saturated carbocycles. The minimum absolute atomic E-state index is 0.0820. The molecule has 132 valence electrons. The van der Waals surface area contributed by atoms with Gasteiger partial charge in [-0.05, 0) is 59.5 Å². The first kappa shape index (κ1) is 16.9. The van der Waals surface area contributed by atoms with Gasteiger partial charge in [-0.3, -0.25) is 4.79 Å². The molecular formula is C22H22N2OS. The molecule has 0 bridgehead atoms. The zero-order valence-electron chi connectivity index (χ0n) is 15.3. The molecule has 1 N–H and O–H groups in total. The first-order valence-corrected chi connectivity index (χ1v) is 9.58. The topological polar surface area (TPSA) is 32.3 Å². The van der Waals surface area contributed by atoms with Crippen molar-refractivity contribution in [2.75, 3.05) is 7.05 Å². The average Bonchev–Trinajstić information content (AvgIpc) is 3.08. The van der Waals surface area contributed by atoms with E-state index in [4.69, 9.17) is 0 Å². The lowest BCUT2D eigenvalue weighted by molar-refractivity contribution is -0.132. The quantitative estimate of drug-likeness (QED) is 0.695. The zero-order valence-corrected chi connectivity index (χ0v) is 16.1. The highest BCUT2D eigenvalue weighted by molar-refractivity contribution is 7.17. The SMILES string of the molecule is C=C1N[C@](C)(c2cc(-c3ccc(C)cc3)c3sccc3c2)CC(=O)N1C. The van der Waals surface area contributed by atoms with Crippen LogP contribution in [0.1, 0.15) is 24.5 Å². The number of hydrogen-bond acceptors (Lipinski definition) is 3. The molecule has 3 aromatic rings.